The SMILES string of the molecule is CCCNCc1occc1-c1cccc2c1OCCC2. The van der Waals surface area contributed by atoms with E-state index in [1.807, 2.05) is 6.07 Å². The molecule has 0 amide bonds. The van der Waals surface area contributed by atoms with E-state index < -0.39 is 0 Å². The minimum Gasteiger partial charge on any atom is -0.493 e. The van der Waals surface area contributed by atoms with Crippen LogP contribution in [-0.4, -0.2) is 13.2 Å². The zero-order chi connectivity index (χ0) is 13.8. The average molecular weight is 271 g/mol. The maximum Gasteiger partial charge on any atom is 0.130 e. The van der Waals surface area contributed by atoms with Gasteiger partial charge in [-0.3, -0.25) is 0 Å². The Morgan fingerprint density at radius 3 is 3.05 bits per heavy atom. The summed E-state index contributed by atoms with van der Waals surface area (Å²) >= 11 is 0. The predicted octanol–water partition coefficient (Wildman–Crippen LogP) is 3.77. The van der Waals surface area contributed by atoms with Gasteiger partial charge in [-0.15, -0.1) is 0 Å². The molecule has 0 fully saturated rings. The Morgan fingerprint density at radius 2 is 2.15 bits per heavy atom. The van der Waals surface area contributed by atoms with Gasteiger partial charge in [-0.25, -0.2) is 0 Å². The second-order valence-electron chi connectivity index (χ2n) is 5.18. The predicted molar refractivity (Wildman–Crippen MR) is 80.0 cm³/mol. The molecule has 1 aliphatic heterocycles. The Morgan fingerprint density at radius 1 is 1.20 bits per heavy atom. The third kappa shape index (κ3) is 2.59. The maximum atomic E-state index is 5.90. The summed E-state index contributed by atoms with van der Waals surface area (Å²) in [4.78, 5) is 0. The van der Waals surface area contributed by atoms with Gasteiger partial charge in [-0.2, -0.15) is 0 Å². The average Bonchev–Trinajstić information content (AvgIpc) is 2.95. The van der Waals surface area contributed by atoms with Crippen LogP contribution in [0.1, 0.15) is 31.1 Å². The van der Waals surface area contributed by atoms with E-state index in [-0.39, 0.29) is 0 Å². The zero-order valence-corrected chi connectivity index (χ0v) is 11.9. The molecule has 0 saturated carbocycles. The van der Waals surface area contributed by atoms with Gasteiger partial charge in [0.05, 0.1) is 19.4 Å². The lowest BCUT2D eigenvalue weighted by atomic mass is 9.98. The standard InChI is InChI=1S/C17H21NO2/c1-2-9-18-12-16-14(8-11-19-16)15-7-3-5-13-6-4-10-20-17(13)15/h3,5,7-8,11,18H,2,4,6,9-10,12H2,1H3. The molecular formula is C17H21NO2. The highest BCUT2D eigenvalue weighted by molar-refractivity contribution is 5.74. The maximum absolute atomic E-state index is 5.90. The molecule has 1 aromatic carbocycles. The van der Waals surface area contributed by atoms with Gasteiger partial charge in [0.2, 0.25) is 0 Å². The zero-order valence-electron chi connectivity index (χ0n) is 11.9. The number of benzene rings is 1. The minimum atomic E-state index is 0.764. The summed E-state index contributed by atoms with van der Waals surface area (Å²) in [6.07, 6.45) is 5.09. The third-order valence-electron chi connectivity index (χ3n) is 3.68. The summed E-state index contributed by atoms with van der Waals surface area (Å²) in [6.45, 7) is 4.74. The molecule has 0 atom stereocenters. The van der Waals surface area contributed by atoms with Crippen molar-refractivity contribution in [3.63, 3.8) is 0 Å². The lowest BCUT2D eigenvalue weighted by molar-refractivity contribution is 0.289. The monoisotopic (exact) mass is 271 g/mol. The summed E-state index contributed by atoms with van der Waals surface area (Å²) in [6, 6.07) is 8.43. The topological polar surface area (TPSA) is 34.4 Å². The molecule has 3 nitrogen and oxygen atoms in total. The van der Waals surface area contributed by atoms with Crippen LogP contribution in [0.15, 0.2) is 34.9 Å². The van der Waals surface area contributed by atoms with Crippen molar-refractivity contribution in [2.24, 2.45) is 0 Å². The highest BCUT2D eigenvalue weighted by Gasteiger charge is 2.18. The number of nitrogens with one attached hydrogen (secondary N) is 1. The van der Waals surface area contributed by atoms with E-state index in [0.29, 0.717) is 0 Å². The normalized spacial score (nSPS) is 13.8. The Kier molecular flexibility index (Phi) is 4.07. The second kappa shape index (κ2) is 6.14. The molecular weight excluding hydrogens is 250 g/mol. The molecule has 1 N–H and O–H groups in total. The molecule has 1 aliphatic rings. The van der Waals surface area contributed by atoms with E-state index in [2.05, 4.69) is 30.4 Å². The van der Waals surface area contributed by atoms with Gasteiger partial charge in [0.1, 0.15) is 11.5 Å². The van der Waals surface area contributed by atoms with Crippen LogP contribution in [0.4, 0.5) is 0 Å². The summed E-state index contributed by atoms with van der Waals surface area (Å²) in [5.41, 5.74) is 3.61. The number of aryl methyl sites for hydroxylation is 1. The number of rotatable bonds is 5. The van der Waals surface area contributed by atoms with Gasteiger partial charge in [0, 0.05) is 11.1 Å². The van der Waals surface area contributed by atoms with E-state index in [9.17, 15) is 0 Å². The van der Waals surface area contributed by atoms with Crippen molar-refractivity contribution in [1.29, 1.82) is 0 Å². The molecule has 2 heterocycles. The number of para-hydroxylation sites is 1. The van der Waals surface area contributed by atoms with Crippen molar-refractivity contribution >= 4 is 0 Å². The highest BCUT2D eigenvalue weighted by atomic mass is 16.5. The molecule has 3 rings (SSSR count). The van der Waals surface area contributed by atoms with Crippen LogP contribution >= 0.6 is 0 Å². The van der Waals surface area contributed by atoms with Gasteiger partial charge in [0.15, 0.2) is 0 Å². The van der Waals surface area contributed by atoms with Crippen molar-refractivity contribution in [1.82, 2.24) is 5.32 Å². The van der Waals surface area contributed by atoms with Crippen LogP contribution in [-0.2, 0) is 13.0 Å². The Hall–Kier alpha value is -1.74. The third-order valence-corrected chi connectivity index (χ3v) is 3.68. The number of hydrogen-bond donors (Lipinski definition) is 1. The molecule has 0 bridgehead atoms. The van der Waals surface area contributed by atoms with Crippen LogP contribution < -0.4 is 10.1 Å². The van der Waals surface area contributed by atoms with Crippen molar-refractivity contribution in [2.45, 2.75) is 32.7 Å². The molecule has 1 aromatic heterocycles. The van der Waals surface area contributed by atoms with Crippen molar-refractivity contribution < 1.29 is 9.15 Å². The summed E-state index contributed by atoms with van der Waals surface area (Å²) < 4.78 is 11.5. The van der Waals surface area contributed by atoms with Gasteiger partial charge in [-0.05, 0) is 37.4 Å². The minimum absolute atomic E-state index is 0.764. The molecule has 20 heavy (non-hydrogen) atoms. The van der Waals surface area contributed by atoms with Crippen LogP contribution in [0.5, 0.6) is 5.75 Å². The summed E-state index contributed by atoms with van der Waals surface area (Å²) in [5, 5.41) is 3.39. The van der Waals surface area contributed by atoms with Gasteiger partial charge in [0.25, 0.3) is 0 Å². The van der Waals surface area contributed by atoms with Crippen LogP contribution in [0.25, 0.3) is 11.1 Å². The van der Waals surface area contributed by atoms with Crippen molar-refractivity contribution in [3.8, 4) is 16.9 Å². The quantitative estimate of drug-likeness (QED) is 0.841. The molecule has 3 heteroatoms. The number of ether oxygens (including phenoxy) is 1. The van der Waals surface area contributed by atoms with Crippen LogP contribution in [0.2, 0.25) is 0 Å². The first-order chi connectivity index (χ1) is 9.90. The van der Waals surface area contributed by atoms with E-state index in [1.165, 1.54) is 5.56 Å². The first-order valence-corrected chi connectivity index (χ1v) is 7.42. The van der Waals surface area contributed by atoms with E-state index in [0.717, 1.165) is 61.6 Å². The molecule has 2 aromatic rings. The van der Waals surface area contributed by atoms with Gasteiger partial charge in [-0.1, -0.05) is 25.1 Å². The molecule has 0 saturated heterocycles. The van der Waals surface area contributed by atoms with E-state index in [4.69, 9.17) is 9.15 Å². The Bertz CT molecular complexity index is 574. The number of fused-ring (bicyclic) bond motifs is 1. The van der Waals surface area contributed by atoms with E-state index in [1.54, 1.807) is 6.26 Å². The van der Waals surface area contributed by atoms with E-state index >= 15 is 0 Å². The molecule has 0 radical (unpaired) electrons. The van der Waals surface area contributed by atoms with Gasteiger partial charge < -0.3 is 14.5 Å². The fourth-order valence-corrected chi connectivity index (χ4v) is 2.70. The second-order valence-corrected chi connectivity index (χ2v) is 5.18. The molecule has 0 spiro atoms. The molecule has 0 unspecified atom stereocenters. The molecule has 0 aliphatic carbocycles. The first-order valence-electron chi connectivity index (χ1n) is 7.42. The van der Waals surface area contributed by atoms with Crippen molar-refractivity contribution in [3.05, 3.63) is 41.9 Å². The Balaban J connectivity index is 1.91. The number of furan rings is 1. The lowest BCUT2D eigenvalue weighted by Gasteiger charge is -2.20. The van der Waals surface area contributed by atoms with Crippen LogP contribution in [0, 0.1) is 0 Å². The largest absolute Gasteiger partial charge is 0.493 e. The highest BCUT2D eigenvalue weighted by Crippen LogP contribution is 2.38. The summed E-state index contributed by atoms with van der Waals surface area (Å²) in [7, 11) is 0. The molecule has 106 valence electrons. The smallest absolute Gasteiger partial charge is 0.130 e. The lowest BCUT2D eigenvalue weighted by Crippen LogP contribution is -2.14. The van der Waals surface area contributed by atoms with Crippen molar-refractivity contribution in [2.75, 3.05) is 13.2 Å². The fourth-order valence-electron chi connectivity index (χ4n) is 2.70. The fraction of sp³-hybridized carbons (Fsp3) is 0.412. The number of hydrogen-bond acceptors (Lipinski definition) is 3. The summed E-state index contributed by atoms with van der Waals surface area (Å²) in [5.74, 6) is 2.03. The first kappa shape index (κ1) is 13.3. The Labute approximate surface area is 119 Å². The van der Waals surface area contributed by atoms with Gasteiger partial charge >= 0.3 is 0 Å². The van der Waals surface area contributed by atoms with Crippen LogP contribution in [0.3, 0.4) is 0 Å².